The Bertz CT molecular complexity index is 574. The molecule has 0 saturated carbocycles. The van der Waals surface area contributed by atoms with Gasteiger partial charge in [-0.25, -0.2) is 0 Å². The fourth-order valence-electron chi connectivity index (χ4n) is 2.42. The molecule has 2 aromatic rings. The molecule has 0 atom stereocenters. The maximum Gasteiger partial charge on any atom is 0.256 e. The van der Waals surface area contributed by atoms with E-state index in [1.807, 2.05) is 35.4 Å². The van der Waals surface area contributed by atoms with Gasteiger partial charge in [0.1, 0.15) is 0 Å². The van der Waals surface area contributed by atoms with Gasteiger partial charge in [0, 0.05) is 29.7 Å². The number of amides is 1. The number of hydrogen-bond acceptors (Lipinski definition) is 2. The Kier molecular flexibility index (Phi) is 4.79. The van der Waals surface area contributed by atoms with Crippen LogP contribution < -0.4 is 5.73 Å². The van der Waals surface area contributed by atoms with Crippen LogP contribution in [0.4, 0.5) is 0 Å². The van der Waals surface area contributed by atoms with E-state index in [1.165, 1.54) is 0 Å². The highest BCUT2D eigenvalue weighted by Gasteiger charge is 2.20. The van der Waals surface area contributed by atoms with Gasteiger partial charge < -0.3 is 15.6 Å². The van der Waals surface area contributed by atoms with Crippen molar-refractivity contribution in [3.63, 3.8) is 0 Å². The summed E-state index contributed by atoms with van der Waals surface area (Å²) in [5, 5.41) is 0.988. The molecule has 108 valence electrons. The molecular weight excluding hydrogens is 250 g/mol. The number of aromatic nitrogens is 1. The molecule has 0 fully saturated rings. The molecule has 0 unspecified atom stereocenters. The molecule has 1 aromatic carbocycles. The summed E-state index contributed by atoms with van der Waals surface area (Å²) >= 11 is 0. The Morgan fingerprint density at radius 3 is 2.75 bits per heavy atom. The molecule has 0 radical (unpaired) electrons. The molecule has 20 heavy (non-hydrogen) atoms. The van der Waals surface area contributed by atoms with Crippen LogP contribution in [0.5, 0.6) is 0 Å². The molecule has 1 amide bonds. The van der Waals surface area contributed by atoms with Crippen LogP contribution in [0.1, 0.15) is 37.0 Å². The lowest BCUT2D eigenvalue weighted by atomic mass is 10.1. The molecule has 0 spiro atoms. The van der Waals surface area contributed by atoms with Crippen molar-refractivity contribution in [3.8, 4) is 0 Å². The maximum absolute atomic E-state index is 12.7. The first-order valence-corrected chi connectivity index (χ1v) is 7.22. The van der Waals surface area contributed by atoms with Crippen molar-refractivity contribution in [1.82, 2.24) is 9.88 Å². The highest BCUT2D eigenvalue weighted by molar-refractivity contribution is 6.06. The Hall–Kier alpha value is -1.81. The smallest absolute Gasteiger partial charge is 0.256 e. The Morgan fingerprint density at radius 2 is 2.05 bits per heavy atom. The van der Waals surface area contributed by atoms with Gasteiger partial charge in [0.2, 0.25) is 0 Å². The zero-order chi connectivity index (χ0) is 14.5. The maximum atomic E-state index is 12.7. The largest absolute Gasteiger partial charge is 0.360 e. The molecular formula is C16H23N3O. The number of nitrogens with two attached hydrogens (primary N) is 1. The predicted molar refractivity (Wildman–Crippen MR) is 82.8 cm³/mol. The SMILES string of the molecule is CC(C)N(CCCCN)C(=O)c1c[nH]c2ccccc12. The number of fused-ring (bicyclic) bond motifs is 1. The standard InChI is InChI=1S/C16H23N3O/c1-12(2)19(10-6-5-9-17)16(20)14-11-18-15-8-4-3-7-13(14)15/h3-4,7-8,11-12,18H,5-6,9-10,17H2,1-2H3. The number of benzene rings is 1. The number of H-pyrrole nitrogens is 1. The summed E-state index contributed by atoms with van der Waals surface area (Å²) in [7, 11) is 0. The summed E-state index contributed by atoms with van der Waals surface area (Å²) in [6, 6.07) is 8.09. The van der Waals surface area contributed by atoms with Crippen molar-refractivity contribution in [2.75, 3.05) is 13.1 Å². The second kappa shape index (κ2) is 6.57. The molecule has 0 bridgehead atoms. The van der Waals surface area contributed by atoms with Gasteiger partial charge in [0.15, 0.2) is 0 Å². The van der Waals surface area contributed by atoms with E-state index in [4.69, 9.17) is 5.73 Å². The van der Waals surface area contributed by atoms with Crippen LogP contribution in [-0.4, -0.2) is 34.9 Å². The highest BCUT2D eigenvalue weighted by Crippen LogP contribution is 2.20. The van der Waals surface area contributed by atoms with Gasteiger partial charge in [-0.05, 0) is 39.3 Å². The third kappa shape index (κ3) is 3.02. The number of nitrogens with zero attached hydrogens (tertiary/aromatic N) is 1. The van der Waals surface area contributed by atoms with E-state index in [0.29, 0.717) is 6.54 Å². The minimum Gasteiger partial charge on any atom is -0.360 e. The molecule has 4 heteroatoms. The van der Waals surface area contributed by atoms with Gasteiger partial charge in [-0.1, -0.05) is 18.2 Å². The number of para-hydroxylation sites is 1. The number of aromatic amines is 1. The van der Waals surface area contributed by atoms with E-state index in [0.717, 1.165) is 35.9 Å². The van der Waals surface area contributed by atoms with Crippen LogP contribution >= 0.6 is 0 Å². The first-order chi connectivity index (χ1) is 9.65. The van der Waals surface area contributed by atoms with E-state index >= 15 is 0 Å². The topological polar surface area (TPSA) is 62.1 Å². The lowest BCUT2D eigenvalue weighted by molar-refractivity contribution is 0.0705. The number of rotatable bonds is 6. The van der Waals surface area contributed by atoms with Gasteiger partial charge in [0.05, 0.1) is 5.56 Å². The van der Waals surface area contributed by atoms with Crippen LogP contribution in [0.15, 0.2) is 30.5 Å². The average molecular weight is 273 g/mol. The fraction of sp³-hybridized carbons (Fsp3) is 0.438. The number of hydrogen-bond donors (Lipinski definition) is 2. The molecule has 1 heterocycles. The van der Waals surface area contributed by atoms with Gasteiger partial charge in [0.25, 0.3) is 5.91 Å². The number of carbonyl (C=O) groups is 1. The van der Waals surface area contributed by atoms with Gasteiger partial charge in [-0.15, -0.1) is 0 Å². The van der Waals surface area contributed by atoms with Crippen molar-refractivity contribution in [2.24, 2.45) is 5.73 Å². The van der Waals surface area contributed by atoms with E-state index in [1.54, 1.807) is 0 Å². The molecule has 0 aliphatic heterocycles. The minimum atomic E-state index is 0.0921. The molecule has 3 N–H and O–H groups in total. The normalized spacial score (nSPS) is 11.2. The minimum absolute atomic E-state index is 0.0921. The summed E-state index contributed by atoms with van der Waals surface area (Å²) in [6.45, 7) is 5.53. The third-order valence-corrected chi connectivity index (χ3v) is 3.56. The van der Waals surface area contributed by atoms with Gasteiger partial charge in [-0.2, -0.15) is 0 Å². The van der Waals surface area contributed by atoms with Crippen LogP contribution in [0.3, 0.4) is 0 Å². The zero-order valence-corrected chi connectivity index (χ0v) is 12.2. The van der Waals surface area contributed by atoms with E-state index in [2.05, 4.69) is 18.8 Å². The van der Waals surface area contributed by atoms with Crippen LogP contribution in [0.2, 0.25) is 0 Å². The molecule has 0 aliphatic rings. The molecule has 1 aromatic heterocycles. The Morgan fingerprint density at radius 1 is 1.30 bits per heavy atom. The average Bonchev–Trinajstić information content (AvgIpc) is 2.86. The quantitative estimate of drug-likeness (QED) is 0.795. The second-order valence-corrected chi connectivity index (χ2v) is 5.34. The first-order valence-electron chi connectivity index (χ1n) is 7.22. The van der Waals surface area contributed by atoms with Gasteiger partial charge >= 0.3 is 0 Å². The van der Waals surface area contributed by atoms with Crippen LogP contribution in [0, 0.1) is 0 Å². The second-order valence-electron chi connectivity index (χ2n) is 5.34. The highest BCUT2D eigenvalue weighted by atomic mass is 16.2. The predicted octanol–water partition coefficient (Wildman–Crippen LogP) is 2.76. The van der Waals surface area contributed by atoms with Crippen molar-refractivity contribution in [2.45, 2.75) is 32.7 Å². The summed E-state index contributed by atoms with van der Waals surface area (Å²) in [5.74, 6) is 0.0921. The number of nitrogens with one attached hydrogen (secondary N) is 1. The summed E-state index contributed by atoms with van der Waals surface area (Å²) in [6.07, 6.45) is 3.71. The summed E-state index contributed by atoms with van der Waals surface area (Å²) in [5.41, 5.74) is 7.28. The Labute approximate surface area is 120 Å². The zero-order valence-electron chi connectivity index (χ0n) is 12.2. The van der Waals surface area contributed by atoms with Crippen LogP contribution in [0.25, 0.3) is 10.9 Å². The molecule has 0 aliphatic carbocycles. The van der Waals surface area contributed by atoms with Crippen molar-refractivity contribution >= 4 is 16.8 Å². The molecule has 0 saturated heterocycles. The third-order valence-electron chi connectivity index (χ3n) is 3.56. The van der Waals surface area contributed by atoms with Crippen molar-refractivity contribution < 1.29 is 4.79 Å². The molecule has 2 rings (SSSR count). The lowest BCUT2D eigenvalue weighted by Gasteiger charge is -2.26. The van der Waals surface area contributed by atoms with E-state index in [-0.39, 0.29) is 11.9 Å². The van der Waals surface area contributed by atoms with Crippen molar-refractivity contribution in [1.29, 1.82) is 0 Å². The summed E-state index contributed by atoms with van der Waals surface area (Å²) < 4.78 is 0. The van der Waals surface area contributed by atoms with Crippen LogP contribution in [-0.2, 0) is 0 Å². The van der Waals surface area contributed by atoms with E-state index in [9.17, 15) is 4.79 Å². The van der Waals surface area contributed by atoms with Gasteiger partial charge in [-0.3, -0.25) is 4.79 Å². The number of carbonyl (C=O) groups excluding carboxylic acids is 1. The number of unbranched alkanes of at least 4 members (excludes halogenated alkanes) is 1. The van der Waals surface area contributed by atoms with E-state index < -0.39 is 0 Å². The lowest BCUT2D eigenvalue weighted by Crippen LogP contribution is -2.37. The Balaban J connectivity index is 2.22. The van der Waals surface area contributed by atoms with Crippen molar-refractivity contribution in [3.05, 3.63) is 36.0 Å². The fourth-order valence-corrected chi connectivity index (χ4v) is 2.42. The monoisotopic (exact) mass is 273 g/mol. The summed E-state index contributed by atoms with van der Waals surface area (Å²) in [4.78, 5) is 17.8. The molecule has 4 nitrogen and oxygen atoms in total. The first kappa shape index (κ1) is 14.6.